The first-order valence-electron chi connectivity index (χ1n) is 18.7. The summed E-state index contributed by atoms with van der Waals surface area (Å²) < 4.78 is 0. The molecule has 0 saturated carbocycles. The lowest BCUT2D eigenvalue weighted by Crippen LogP contribution is -2.28. The first-order chi connectivity index (χ1) is 27.3. The van der Waals surface area contributed by atoms with Crippen LogP contribution >= 0.6 is 0 Å². The van der Waals surface area contributed by atoms with E-state index in [1.165, 1.54) is 33.4 Å². The molecular formula is C52H35N3. The fraction of sp³-hybridized carbons (Fsp3) is 0.0192. The molecule has 0 saturated heterocycles. The Bertz CT molecular complexity index is 2740. The van der Waals surface area contributed by atoms with Crippen LogP contribution in [0.4, 0.5) is 0 Å². The van der Waals surface area contributed by atoms with E-state index >= 15 is 0 Å². The highest BCUT2D eigenvalue weighted by molar-refractivity contribution is 5.89. The summed E-state index contributed by atoms with van der Waals surface area (Å²) in [6.45, 7) is 0. The molecule has 1 aliphatic rings. The van der Waals surface area contributed by atoms with Gasteiger partial charge in [-0.15, -0.1) is 0 Å². The van der Waals surface area contributed by atoms with Gasteiger partial charge < -0.3 is 0 Å². The van der Waals surface area contributed by atoms with Gasteiger partial charge in [0.15, 0.2) is 5.82 Å². The molecule has 10 rings (SSSR count). The van der Waals surface area contributed by atoms with Crippen molar-refractivity contribution in [1.82, 2.24) is 15.0 Å². The molecule has 55 heavy (non-hydrogen) atoms. The van der Waals surface area contributed by atoms with Crippen LogP contribution in [0.5, 0.6) is 0 Å². The third-order valence-electron chi connectivity index (χ3n) is 10.8. The molecule has 2 aromatic heterocycles. The van der Waals surface area contributed by atoms with Crippen molar-refractivity contribution in [2.24, 2.45) is 0 Å². The van der Waals surface area contributed by atoms with Crippen LogP contribution in [0.3, 0.4) is 0 Å². The summed E-state index contributed by atoms with van der Waals surface area (Å²) in [6, 6.07) is 73.3. The van der Waals surface area contributed by atoms with Crippen LogP contribution in [0.2, 0.25) is 0 Å². The fourth-order valence-electron chi connectivity index (χ4n) is 8.29. The zero-order valence-electron chi connectivity index (χ0n) is 30.0. The number of fused-ring (bicyclic) bond motifs is 3. The Hall–Kier alpha value is -7.23. The van der Waals surface area contributed by atoms with Crippen molar-refractivity contribution >= 4 is 0 Å². The second-order valence-electron chi connectivity index (χ2n) is 14.0. The highest BCUT2D eigenvalue weighted by Gasteiger charge is 2.46. The Kier molecular flexibility index (Phi) is 8.04. The van der Waals surface area contributed by atoms with Gasteiger partial charge in [0, 0.05) is 28.5 Å². The molecule has 0 N–H and O–H groups in total. The minimum Gasteiger partial charge on any atom is -0.256 e. The average molecular weight is 702 g/mol. The van der Waals surface area contributed by atoms with E-state index in [1.807, 2.05) is 42.6 Å². The molecule has 0 radical (unpaired) electrons. The molecular weight excluding hydrogens is 667 g/mol. The molecule has 1 aliphatic carbocycles. The molecule has 9 aromatic rings. The quantitative estimate of drug-likeness (QED) is 0.166. The van der Waals surface area contributed by atoms with E-state index < -0.39 is 5.41 Å². The van der Waals surface area contributed by atoms with Crippen LogP contribution < -0.4 is 0 Å². The molecule has 2 heterocycles. The molecule has 258 valence electrons. The van der Waals surface area contributed by atoms with Crippen molar-refractivity contribution in [2.45, 2.75) is 5.41 Å². The minimum absolute atomic E-state index is 0.458. The molecule has 0 aliphatic heterocycles. The van der Waals surface area contributed by atoms with Crippen molar-refractivity contribution in [3.63, 3.8) is 0 Å². The van der Waals surface area contributed by atoms with E-state index in [0.29, 0.717) is 5.82 Å². The summed E-state index contributed by atoms with van der Waals surface area (Å²) in [5.74, 6) is 0.693. The first-order valence-corrected chi connectivity index (χ1v) is 18.7. The van der Waals surface area contributed by atoms with Crippen LogP contribution in [0, 0.1) is 0 Å². The van der Waals surface area contributed by atoms with Crippen molar-refractivity contribution in [1.29, 1.82) is 0 Å². The van der Waals surface area contributed by atoms with Gasteiger partial charge in [0.05, 0.1) is 22.5 Å². The third-order valence-corrected chi connectivity index (χ3v) is 10.8. The number of pyridine rings is 1. The van der Waals surface area contributed by atoms with Gasteiger partial charge >= 0.3 is 0 Å². The van der Waals surface area contributed by atoms with Crippen molar-refractivity contribution in [3.05, 3.63) is 235 Å². The summed E-state index contributed by atoms with van der Waals surface area (Å²) >= 11 is 0. The normalized spacial score (nSPS) is 12.5. The maximum absolute atomic E-state index is 5.17. The van der Waals surface area contributed by atoms with Gasteiger partial charge in [-0.1, -0.05) is 176 Å². The van der Waals surface area contributed by atoms with Crippen molar-refractivity contribution < 1.29 is 0 Å². The largest absolute Gasteiger partial charge is 0.256 e. The monoisotopic (exact) mass is 701 g/mol. The van der Waals surface area contributed by atoms with Gasteiger partial charge in [0.2, 0.25) is 0 Å². The smallest absolute Gasteiger partial charge is 0.160 e. The highest BCUT2D eigenvalue weighted by atomic mass is 14.9. The molecule has 0 amide bonds. The van der Waals surface area contributed by atoms with Crippen LogP contribution in [0.25, 0.3) is 67.4 Å². The summed E-state index contributed by atoms with van der Waals surface area (Å²) in [6.07, 6.45) is 1.82. The molecule has 7 aromatic carbocycles. The van der Waals surface area contributed by atoms with Crippen molar-refractivity contribution in [2.75, 3.05) is 0 Å². The van der Waals surface area contributed by atoms with Gasteiger partial charge in [-0.05, 0) is 74.8 Å². The lowest BCUT2D eigenvalue weighted by molar-refractivity contribution is 0.769. The van der Waals surface area contributed by atoms with Crippen LogP contribution in [0.1, 0.15) is 22.3 Å². The molecule has 0 fully saturated rings. The maximum Gasteiger partial charge on any atom is 0.160 e. The van der Waals surface area contributed by atoms with Crippen molar-refractivity contribution in [3.8, 4) is 67.4 Å². The SMILES string of the molecule is c1ccc(-c2nc(-c3ccc(-c4ccccn4)cc3)cc(-c3cccc(-c4ccc5c(c4)C(c4ccccc4)(c4ccccc4)c4ccccc4-5)c3)n2)cc1. The predicted octanol–water partition coefficient (Wildman–Crippen LogP) is 12.6. The summed E-state index contributed by atoms with van der Waals surface area (Å²) in [5.41, 5.74) is 16.3. The standard InChI is InChI=1S/C52H35N3/c1-4-15-38(16-5-1)51-54-49(37-28-26-36(27-29-37)48-25-12-13-32-53-48)35-50(55-51)41-18-14-17-39(33-41)40-30-31-45-44-23-10-11-24-46(44)52(47(45)34-40,42-19-6-2-7-20-42)43-21-8-3-9-22-43/h1-35H. The molecule has 0 spiro atoms. The van der Waals surface area contributed by atoms with E-state index in [4.69, 9.17) is 9.97 Å². The van der Waals surface area contributed by atoms with Gasteiger partial charge in [-0.2, -0.15) is 0 Å². The topological polar surface area (TPSA) is 38.7 Å². The van der Waals surface area contributed by atoms with Crippen LogP contribution in [-0.4, -0.2) is 15.0 Å². The van der Waals surface area contributed by atoms with E-state index in [-0.39, 0.29) is 0 Å². The summed E-state index contributed by atoms with van der Waals surface area (Å²) in [7, 11) is 0. The van der Waals surface area contributed by atoms with E-state index in [2.05, 4.69) is 175 Å². The number of aromatic nitrogens is 3. The lowest BCUT2D eigenvalue weighted by Gasteiger charge is -2.34. The Morgan fingerprint density at radius 3 is 1.53 bits per heavy atom. The first kappa shape index (κ1) is 32.4. The van der Waals surface area contributed by atoms with Gasteiger partial charge in [-0.25, -0.2) is 9.97 Å². The Labute approximate surface area is 321 Å². The summed E-state index contributed by atoms with van der Waals surface area (Å²) in [4.78, 5) is 14.8. The minimum atomic E-state index is -0.458. The fourth-order valence-corrected chi connectivity index (χ4v) is 8.29. The van der Waals surface area contributed by atoms with Gasteiger partial charge in [0.1, 0.15) is 0 Å². The molecule has 0 unspecified atom stereocenters. The zero-order chi connectivity index (χ0) is 36.6. The Morgan fingerprint density at radius 2 is 0.836 bits per heavy atom. The van der Waals surface area contributed by atoms with E-state index in [9.17, 15) is 0 Å². The van der Waals surface area contributed by atoms with Gasteiger partial charge in [0.25, 0.3) is 0 Å². The summed E-state index contributed by atoms with van der Waals surface area (Å²) in [5, 5.41) is 0. The lowest BCUT2D eigenvalue weighted by atomic mass is 9.67. The maximum atomic E-state index is 5.17. The number of nitrogens with zero attached hydrogens (tertiary/aromatic N) is 3. The molecule has 0 atom stereocenters. The molecule has 0 bridgehead atoms. The number of hydrogen-bond donors (Lipinski definition) is 0. The van der Waals surface area contributed by atoms with Gasteiger partial charge in [-0.3, -0.25) is 4.98 Å². The number of hydrogen-bond acceptors (Lipinski definition) is 3. The van der Waals surface area contributed by atoms with E-state index in [0.717, 1.165) is 50.5 Å². The second kappa shape index (κ2) is 13.6. The van der Waals surface area contributed by atoms with E-state index in [1.54, 1.807) is 0 Å². The number of rotatable bonds is 7. The highest BCUT2D eigenvalue weighted by Crippen LogP contribution is 2.56. The van der Waals surface area contributed by atoms with Crippen LogP contribution in [0.15, 0.2) is 212 Å². The average Bonchev–Trinajstić information content (AvgIpc) is 3.58. The Balaban J connectivity index is 1.11. The Morgan fingerprint density at radius 1 is 0.309 bits per heavy atom. The zero-order valence-corrected chi connectivity index (χ0v) is 30.0. The molecule has 3 nitrogen and oxygen atoms in total. The second-order valence-corrected chi connectivity index (χ2v) is 14.0. The number of benzene rings is 7. The predicted molar refractivity (Wildman–Crippen MR) is 224 cm³/mol. The molecule has 3 heteroatoms. The van der Waals surface area contributed by atoms with Crippen LogP contribution in [-0.2, 0) is 5.41 Å². The third kappa shape index (κ3) is 5.65.